The standard InChI is InChI=1S/C19H15ClFN5/c1-2-26-18(10-16(25-26)17-11-22-8-9-23-17)14-6-7-15(24-14)19-12(20)4-3-5-13(19)21/h3-11,24H,2H2,1H3. The van der Waals surface area contributed by atoms with Gasteiger partial charge in [0.1, 0.15) is 17.2 Å². The average Bonchev–Trinajstić information content (AvgIpc) is 3.29. The fourth-order valence-corrected chi connectivity index (χ4v) is 3.14. The topological polar surface area (TPSA) is 59.4 Å². The van der Waals surface area contributed by atoms with Gasteiger partial charge in [-0.05, 0) is 37.3 Å². The zero-order valence-electron chi connectivity index (χ0n) is 13.9. The van der Waals surface area contributed by atoms with Crippen LogP contribution in [0.1, 0.15) is 6.92 Å². The molecule has 0 fully saturated rings. The summed E-state index contributed by atoms with van der Waals surface area (Å²) < 4.78 is 16.0. The second-order valence-corrected chi connectivity index (χ2v) is 6.11. The monoisotopic (exact) mass is 367 g/mol. The zero-order chi connectivity index (χ0) is 18.1. The van der Waals surface area contributed by atoms with Crippen molar-refractivity contribution in [2.45, 2.75) is 13.5 Å². The summed E-state index contributed by atoms with van der Waals surface area (Å²) in [6.07, 6.45) is 4.93. The van der Waals surface area contributed by atoms with E-state index in [0.717, 1.165) is 17.1 Å². The molecule has 5 nitrogen and oxygen atoms in total. The van der Waals surface area contributed by atoms with Crippen LogP contribution in [-0.2, 0) is 6.54 Å². The van der Waals surface area contributed by atoms with E-state index in [2.05, 4.69) is 20.1 Å². The number of hydrogen-bond acceptors (Lipinski definition) is 3. The Kier molecular flexibility index (Phi) is 4.26. The molecule has 130 valence electrons. The Balaban J connectivity index is 1.78. The number of H-pyrrole nitrogens is 1. The lowest BCUT2D eigenvalue weighted by Gasteiger charge is -2.04. The van der Waals surface area contributed by atoms with Crippen LogP contribution in [0.2, 0.25) is 5.02 Å². The van der Waals surface area contributed by atoms with Crippen molar-refractivity contribution in [2.75, 3.05) is 0 Å². The summed E-state index contributed by atoms with van der Waals surface area (Å²) in [6, 6.07) is 10.3. The lowest BCUT2D eigenvalue weighted by molar-refractivity contribution is 0.631. The molecule has 0 aliphatic heterocycles. The van der Waals surface area contributed by atoms with Gasteiger partial charge in [0.15, 0.2) is 0 Å². The van der Waals surface area contributed by atoms with Crippen LogP contribution in [0.5, 0.6) is 0 Å². The summed E-state index contributed by atoms with van der Waals surface area (Å²) >= 11 is 6.17. The molecule has 7 heteroatoms. The zero-order valence-corrected chi connectivity index (χ0v) is 14.7. The Morgan fingerprint density at radius 3 is 2.69 bits per heavy atom. The number of nitrogens with one attached hydrogen (secondary N) is 1. The Labute approximate surface area is 154 Å². The van der Waals surface area contributed by atoms with E-state index in [9.17, 15) is 4.39 Å². The van der Waals surface area contributed by atoms with Crippen molar-refractivity contribution in [3.63, 3.8) is 0 Å². The third kappa shape index (κ3) is 2.88. The van der Waals surface area contributed by atoms with E-state index in [1.54, 1.807) is 30.7 Å². The van der Waals surface area contributed by atoms with Crippen LogP contribution in [0.4, 0.5) is 4.39 Å². The van der Waals surface area contributed by atoms with Gasteiger partial charge in [-0.15, -0.1) is 0 Å². The second-order valence-electron chi connectivity index (χ2n) is 5.70. The molecule has 0 saturated carbocycles. The number of aryl methyl sites for hydroxylation is 1. The van der Waals surface area contributed by atoms with Crippen LogP contribution >= 0.6 is 11.6 Å². The van der Waals surface area contributed by atoms with Crippen molar-refractivity contribution in [3.05, 3.63) is 65.8 Å². The van der Waals surface area contributed by atoms with E-state index >= 15 is 0 Å². The highest BCUT2D eigenvalue weighted by atomic mass is 35.5. The number of aromatic nitrogens is 5. The van der Waals surface area contributed by atoms with Gasteiger partial charge >= 0.3 is 0 Å². The largest absolute Gasteiger partial charge is 0.353 e. The lowest BCUT2D eigenvalue weighted by Crippen LogP contribution is -1.99. The van der Waals surface area contributed by atoms with E-state index in [1.165, 1.54) is 6.07 Å². The lowest BCUT2D eigenvalue weighted by atomic mass is 10.1. The van der Waals surface area contributed by atoms with E-state index in [4.69, 9.17) is 11.6 Å². The number of rotatable bonds is 4. The molecule has 1 aromatic carbocycles. The molecule has 0 radical (unpaired) electrons. The minimum atomic E-state index is -0.366. The van der Waals surface area contributed by atoms with Gasteiger partial charge in [0, 0.05) is 18.9 Å². The average molecular weight is 368 g/mol. The molecule has 0 bridgehead atoms. The third-order valence-electron chi connectivity index (χ3n) is 4.10. The number of halogens is 2. The molecule has 0 atom stereocenters. The number of nitrogens with zero attached hydrogens (tertiary/aromatic N) is 4. The first kappa shape index (κ1) is 16.5. The first-order valence-corrected chi connectivity index (χ1v) is 8.53. The summed E-state index contributed by atoms with van der Waals surface area (Å²) in [6.45, 7) is 2.69. The van der Waals surface area contributed by atoms with E-state index in [-0.39, 0.29) is 5.82 Å². The molecular formula is C19H15ClFN5. The van der Waals surface area contributed by atoms with Crippen LogP contribution in [0.15, 0.2) is 55.0 Å². The molecule has 0 aliphatic rings. The molecule has 0 saturated heterocycles. The van der Waals surface area contributed by atoms with Crippen LogP contribution < -0.4 is 0 Å². The van der Waals surface area contributed by atoms with Gasteiger partial charge in [-0.25, -0.2) is 4.39 Å². The fraction of sp³-hybridized carbons (Fsp3) is 0.105. The van der Waals surface area contributed by atoms with Gasteiger partial charge in [0.25, 0.3) is 0 Å². The van der Waals surface area contributed by atoms with Crippen molar-refractivity contribution in [2.24, 2.45) is 0 Å². The Hall–Kier alpha value is -2.99. The van der Waals surface area contributed by atoms with Crippen LogP contribution in [0.3, 0.4) is 0 Å². The minimum absolute atomic E-state index is 0.358. The smallest absolute Gasteiger partial charge is 0.134 e. The molecule has 0 amide bonds. The Bertz CT molecular complexity index is 1030. The van der Waals surface area contributed by atoms with Crippen molar-refractivity contribution in [1.82, 2.24) is 24.7 Å². The molecule has 0 spiro atoms. The first-order valence-electron chi connectivity index (χ1n) is 8.15. The van der Waals surface area contributed by atoms with E-state index in [0.29, 0.717) is 28.5 Å². The molecule has 3 heterocycles. The fourth-order valence-electron chi connectivity index (χ4n) is 2.88. The third-order valence-corrected chi connectivity index (χ3v) is 4.41. The SMILES string of the molecule is CCn1nc(-c2cnccn2)cc1-c1ccc(-c2c(F)cccc2Cl)[nH]1. The summed E-state index contributed by atoms with van der Waals surface area (Å²) in [5.74, 6) is -0.366. The molecular weight excluding hydrogens is 353 g/mol. The highest BCUT2D eigenvalue weighted by molar-refractivity contribution is 6.33. The summed E-state index contributed by atoms with van der Waals surface area (Å²) in [4.78, 5) is 11.6. The maximum Gasteiger partial charge on any atom is 0.134 e. The van der Waals surface area contributed by atoms with Gasteiger partial charge < -0.3 is 4.98 Å². The number of hydrogen-bond donors (Lipinski definition) is 1. The minimum Gasteiger partial charge on any atom is -0.353 e. The Morgan fingerprint density at radius 1 is 1.12 bits per heavy atom. The molecule has 26 heavy (non-hydrogen) atoms. The number of aromatic amines is 1. The highest BCUT2D eigenvalue weighted by Crippen LogP contribution is 2.32. The van der Waals surface area contributed by atoms with Gasteiger partial charge in [-0.3, -0.25) is 14.6 Å². The van der Waals surface area contributed by atoms with Crippen molar-refractivity contribution in [3.8, 4) is 34.0 Å². The summed E-state index contributed by atoms with van der Waals surface area (Å²) in [5.41, 5.74) is 4.11. The quantitative estimate of drug-likeness (QED) is 0.562. The molecule has 4 rings (SSSR count). The maximum atomic E-state index is 14.2. The molecule has 0 unspecified atom stereocenters. The maximum absolute atomic E-state index is 14.2. The normalized spacial score (nSPS) is 11.0. The van der Waals surface area contributed by atoms with Crippen LogP contribution in [-0.4, -0.2) is 24.7 Å². The van der Waals surface area contributed by atoms with E-state index < -0.39 is 0 Å². The molecule has 3 aromatic heterocycles. The predicted octanol–water partition coefficient (Wildman–Crippen LogP) is 4.81. The van der Waals surface area contributed by atoms with Gasteiger partial charge in [0.05, 0.1) is 33.9 Å². The van der Waals surface area contributed by atoms with Crippen LogP contribution in [0.25, 0.3) is 34.0 Å². The highest BCUT2D eigenvalue weighted by Gasteiger charge is 2.16. The molecule has 1 N–H and O–H groups in total. The van der Waals surface area contributed by atoms with Crippen LogP contribution in [0, 0.1) is 5.82 Å². The van der Waals surface area contributed by atoms with Gasteiger partial charge in [0.2, 0.25) is 0 Å². The molecule has 0 aliphatic carbocycles. The molecule has 4 aromatic rings. The first-order chi connectivity index (χ1) is 12.7. The summed E-state index contributed by atoms with van der Waals surface area (Å²) in [5, 5.41) is 4.95. The van der Waals surface area contributed by atoms with Crippen molar-refractivity contribution < 1.29 is 4.39 Å². The van der Waals surface area contributed by atoms with Crippen molar-refractivity contribution in [1.29, 1.82) is 0 Å². The van der Waals surface area contributed by atoms with Crippen molar-refractivity contribution >= 4 is 11.6 Å². The van der Waals surface area contributed by atoms with E-state index in [1.807, 2.05) is 29.8 Å². The van der Waals surface area contributed by atoms with Gasteiger partial charge in [-0.1, -0.05) is 17.7 Å². The predicted molar refractivity (Wildman–Crippen MR) is 99.1 cm³/mol. The summed E-state index contributed by atoms with van der Waals surface area (Å²) in [7, 11) is 0. The Morgan fingerprint density at radius 2 is 1.96 bits per heavy atom. The number of benzene rings is 1. The second kappa shape index (κ2) is 6.72. The van der Waals surface area contributed by atoms with Gasteiger partial charge in [-0.2, -0.15) is 5.10 Å².